The number of methoxy groups -OCH3 is 1. The van der Waals surface area contributed by atoms with Crippen molar-refractivity contribution >= 4 is 0 Å². The molecule has 2 atom stereocenters. The highest BCUT2D eigenvalue weighted by Gasteiger charge is 2.19. The molecule has 96 valence electrons. The van der Waals surface area contributed by atoms with Crippen LogP contribution in [0.5, 0.6) is 5.75 Å². The average Bonchev–Trinajstić information content (AvgIpc) is 2.35. The first kappa shape index (κ1) is 13.9. The first-order valence-corrected chi connectivity index (χ1v) is 5.44. The second-order valence-corrected chi connectivity index (χ2v) is 3.80. The summed E-state index contributed by atoms with van der Waals surface area (Å²) in [5.74, 6) is -0.435. The monoisotopic (exact) mass is 243 g/mol. The van der Waals surface area contributed by atoms with E-state index in [2.05, 4.69) is 5.32 Å². The van der Waals surface area contributed by atoms with E-state index >= 15 is 0 Å². The van der Waals surface area contributed by atoms with Gasteiger partial charge in [-0.3, -0.25) is 0 Å². The van der Waals surface area contributed by atoms with Crippen molar-refractivity contribution in [1.82, 2.24) is 5.32 Å². The van der Waals surface area contributed by atoms with Crippen LogP contribution in [0.1, 0.15) is 18.1 Å². The molecule has 0 spiro atoms. The number of benzene rings is 1. The number of halogens is 1. The minimum Gasteiger partial charge on any atom is -0.494 e. The number of aliphatic hydroxyl groups excluding tert-OH is 2. The standard InChI is InChI=1S/C12H18FNO3/c1-14-6-5-10(15)12(16)8-3-4-9(13)11(7-8)17-2/h3-4,7,10,12,14-16H,5-6H2,1-2H3. The van der Waals surface area contributed by atoms with E-state index < -0.39 is 18.0 Å². The minimum atomic E-state index is -1.04. The lowest BCUT2D eigenvalue weighted by atomic mass is 10.0. The molecule has 0 heterocycles. The first-order chi connectivity index (χ1) is 8.10. The van der Waals surface area contributed by atoms with Crippen molar-refractivity contribution in [3.63, 3.8) is 0 Å². The molecule has 5 heteroatoms. The third-order valence-electron chi connectivity index (χ3n) is 2.57. The summed E-state index contributed by atoms with van der Waals surface area (Å²) < 4.78 is 18.0. The maximum Gasteiger partial charge on any atom is 0.165 e. The summed E-state index contributed by atoms with van der Waals surface area (Å²) in [5.41, 5.74) is 0.437. The Morgan fingerprint density at radius 1 is 1.41 bits per heavy atom. The number of ether oxygens (including phenoxy) is 1. The number of nitrogens with one attached hydrogen (secondary N) is 1. The SMILES string of the molecule is CNCCC(O)C(O)c1ccc(F)c(OC)c1. The summed E-state index contributed by atoms with van der Waals surface area (Å²) in [5, 5.41) is 22.5. The van der Waals surface area contributed by atoms with E-state index in [4.69, 9.17) is 4.74 Å². The fourth-order valence-corrected chi connectivity index (χ4v) is 1.53. The Morgan fingerprint density at radius 2 is 2.12 bits per heavy atom. The fourth-order valence-electron chi connectivity index (χ4n) is 1.53. The Kier molecular flexibility index (Phi) is 5.34. The summed E-state index contributed by atoms with van der Waals surface area (Å²) in [6.45, 7) is 0.594. The minimum absolute atomic E-state index is 0.0577. The Balaban J connectivity index is 2.77. The Bertz CT molecular complexity index is 360. The molecule has 3 N–H and O–H groups in total. The van der Waals surface area contributed by atoms with Crippen molar-refractivity contribution in [2.75, 3.05) is 20.7 Å². The van der Waals surface area contributed by atoms with Crippen molar-refractivity contribution in [3.05, 3.63) is 29.6 Å². The number of aliphatic hydroxyl groups is 2. The van der Waals surface area contributed by atoms with E-state index in [1.807, 2.05) is 0 Å². The van der Waals surface area contributed by atoms with Gasteiger partial charge in [-0.15, -0.1) is 0 Å². The highest BCUT2D eigenvalue weighted by molar-refractivity contribution is 5.31. The Labute approximate surface area is 100 Å². The lowest BCUT2D eigenvalue weighted by Gasteiger charge is -2.18. The first-order valence-electron chi connectivity index (χ1n) is 5.44. The molecule has 4 nitrogen and oxygen atoms in total. The molecule has 0 bridgehead atoms. The highest BCUT2D eigenvalue weighted by Crippen LogP contribution is 2.25. The summed E-state index contributed by atoms with van der Waals surface area (Å²) in [6, 6.07) is 4.04. The molecule has 0 fully saturated rings. The Hall–Kier alpha value is -1.17. The van der Waals surface area contributed by atoms with Crippen LogP contribution in [-0.4, -0.2) is 37.0 Å². The van der Waals surface area contributed by atoms with Crippen LogP contribution in [0.3, 0.4) is 0 Å². The number of hydrogen-bond donors (Lipinski definition) is 3. The predicted octanol–water partition coefficient (Wildman–Crippen LogP) is 0.838. The average molecular weight is 243 g/mol. The van der Waals surface area contributed by atoms with Gasteiger partial charge in [0, 0.05) is 0 Å². The molecule has 1 aromatic carbocycles. The zero-order valence-electron chi connectivity index (χ0n) is 9.98. The Morgan fingerprint density at radius 3 is 2.71 bits per heavy atom. The van der Waals surface area contributed by atoms with E-state index in [1.165, 1.54) is 25.3 Å². The largest absolute Gasteiger partial charge is 0.494 e. The summed E-state index contributed by atoms with van der Waals surface area (Å²) in [4.78, 5) is 0. The van der Waals surface area contributed by atoms with Crippen LogP contribution in [0.15, 0.2) is 18.2 Å². The van der Waals surface area contributed by atoms with Gasteiger partial charge < -0.3 is 20.3 Å². The van der Waals surface area contributed by atoms with Gasteiger partial charge in [0.15, 0.2) is 11.6 Å². The molecule has 0 amide bonds. The van der Waals surface area contributed by atoms with E-state index in [1.54, 1.807) is 7.05 Å². The molecule has 2 unspecified atom stereocenters. The predicted molar refractivity (Wildman–Crippen MR) is 62.5 cm³/mol. The molecule has 0 saturated carbocycles. The molecule has 0 aromatic heterocycles. The lowest BCUT2D eigenvalue weighted by Crippen LogP contribution is -2.23. The van der Waals surface area contributed by atoms with Gasteiger partial charge in [0.25, 0.3) is 0 Å². The summed E-state index contributed by atoms with van der Waals surface area (Å²) in [7, 11) is 3.12. The van der Waals surface area contributed by atoms with E-state index in [0.29, 0.717) is 18.5 Å². The molecular weight excluding hydrogens is 225 g/mol. The summed E-state index contributed by atoms with van der Waals surface area (Å²) in [6.07, 6.45) is -1.52. The molecule has 0 saturated heterocycles. The van der Waals surface area contributed by atoms with E-state index in [9.17, 15) is 14.6 Å². The van der Waals surface area contributed by atoms with Crippen LogP contribution < -0.4 is 10.1 Å². The summed E-state index contributed by atoms with van der Waals surface area (Å²) >= 11 is 0. The van der Waals surface area contributed by atoms with E-state index in [0.717, 1.165) is 0 Å². The van der Waals surface area contributed by atoms with Crippen molar-refractivity contribution < 1.29 is 19.3 Å². The van der Waals surface area contributed by atoms with Gasteiger partial charge in [0.05, 0.1) is 13.2 Å². The molecule has 0 aliphatic heterocycles. The van der Waals surface area contributed by atoms with Crippen molar-refractivity contribution in [2.45, 2.75) is 18.6 Å². The molecule has 0 radical (unpaired) electrons. The molecule has 1 rings (SSSR count). The van der Waals surface area contributed by atoms with Gasteiger partial charge in [0.1, 0.15) is 6.10 Å². The van der Waals surface area contributed by atoms with Crippen LogP contribution in [0.2, 0.25) is 0 Å². The molecular formula is C12H18FNO3. The smallest absolute Gasteiger partial charge is 0.165 e. The molecule has 0 aliphatic carbocycles. The number of hydrogen-bond acceptors (Lipinski definition) is 4. The van der Waals surface area contributed by atoms with Crippen LogP contribution in [-0.2, 0) is 0 Å². The number of rotatable bonds is 6. The van der Waals surface area contributed by atoms with Gasteiger partial charge in [-0.2, -0.15) is 0 Å². The van der Waals surface area contributed by atoms with Gasteiger partial charge in [-0.05, 0) is 37.7 Å². The fraction of sp³-hybridized carbons (Fsp3) is 0.500. The van der Waals surface area contributed by atoms with Gasteiger partial charge in [0.2, 0.25) is 0 Å². The molecule has 1 aromatic rings. The second kappa shape index (κ2) is 6.54. The van der Waals surface area contributed by atoms with Crippen LogP contribution >= 0.6 is 0 Å². The lowest BCUT2D eigenvalue weighted by molar-refractivity contribution is 0.0139. The highest BCUT2D eigenvalue weighted by atomic mass is 19.1. The quantitative estimate of drug-likeness (QED) is 0.693. The third kappa shape index (κ3) is 3.66. The molecule has 0 aliphatic rings. The van der Waals surface area contributed by atoms with Gasteiger partial charge in [-0.1, -0.05) is 6.07 Å². The van der Waals surface area contributed by atoms with Crippen molar-refractivity contribution in [1.29, 1.82) is 0 Å². The van der Waals surface area contributed by atoms with Crippen LogP contribution in [0.4, 0.5) is 4.39 Å². The van der Waals surface area contributed by atoms with E-state index in [-0.39, 0.29) is 5.75 Å². The normalized spacial score (nSPS) is 14.4. The second-order valence-electron chi connectivity index (χ2n) is 3.80. The topological polar surface area (TPSA) is 61.7 Å². The van der Waals surface area contributed by atoms with Gasteiger partial charge in [-0.25, -0.2) is 4.39 Å². The zero-order valence-corrected chi connectivity index (χ0v) is 9.98. The molecule has 17 heavy (non-hydrogen) atoms. The maximum absolute atomic E-state index is 13.2. The van der Waals surface area contributed by atoms with Crippen molar-refractivity contribution in [3.8, 4) is 5.75 Å². The van der Waals surface area contributed by atoms with Gasteiger partial charge >= 0.3 is 0 Å². The van der Waals surface area contributed by atoms with Crippen LogP contribution in [0.25, 0.3) is 0 Å². The van der Waals surface area contributed by atoms with Crippen molar-refractivity contribution in [2.24, 2.45) is 0 Å². The zero-order chi connectivity index (χ0) is 12.8. The maximum atomic E-state index is 13.2. The third-order valence-corrected chi connectivity index (χ3v) is 2.57. The van der Waals surface area contributed by atoms with Crippen LogP contribution in [0, 0.1) is 5.82 Å².